The van der Waals surface area contributed by atoms with Gasteiger partial charge in [-0.25, -0.2) is 0 Å². The predicted molar refractivity (Wildman–Crippen MR) is 114 cm³/mol. The van der Waals surface area contributed by atoms with E-state index in [0.29, 0.717) is 17.0 Å². The van der Waals surface area contributed by atoms with Gasteiger partial charge in [0.05, 0.1) is 5.25 Å². The van der Waals surface area contributed by atoms with E-state index in [1.54, 1.807) is 0 Å². The van der Waals surface area contributed by atoms with E-state index in [2.05, 4.69) is 35.4 Å². The van der Waals surface area contributed by atoms with Crippen molar-refractivity contribution in [3.63, 3.8) is 0 Å². The highest BCUT2D eigenvalue weighted by Gasteiger charge is 2.20. The van der Waals surface area contributed by atoms with Crippen LogP contribution in [-0.2, 0) is 4.79 Å². The standard InChI is InChI=1S/C22H25N3O2S/c1-5-15(3)18-11-6-7-12-19(18)23-20(26)16(4)28-22-25-24-21(27-22)17-10-8-9-14(2)13-17/h6-13,15-16H,5H2,1-4H3,(H,23,26)/t15-,16+/m0/s1. The second-order valence-corrected chi connectivity index (χ2v) is 8.18. The van der Waals surface area contributed by atoms with Gasteiger partial charge in [-0.15, -0.1) is 10.2 Å². The predicted octanol–water partition coefficient (Wildman–Crippen LogP) is 5.68. The summed E-state index contributed by atoms with van der Waals surface area (Å²) in [6, 6.07) is 15.8. The number of amides is 1. The SMILES string of the molecule is CC[C@H](C)c1ccccc1NC(=O)[C@@H](C)Sc1nnc(-c2cccc(C)c2)o1. The molecular formula is C22H25N3O2S. The highest BCUT2D eigenvalue weighted by Crippen LogP contribution is 2.29. The lowest BCUT2D eigenvalue weighted by Crippen LogP contribution is -2.23. The molecule has 1 amide bonds. The molecule has 0 saturated carbocycles. The number of carbonyl (C=O) groups is 1. The van der Waals surface area contributed by atoms with Crippen molar-refractivity contribution in [1.82, 2.24) is 10.2 Å². The lowest BCUT2D eigenvalue weighted by Gasteiger charge is -2.17. The number of carbonyl (C=O) groups excluding carboxylic acids is 1. The maximum atomic E-state index is 12.7. The summed E-state index contributed by atoms with van der Waals surface area (Å²) in [6.07, 6.45) is 1.01. The molecule has 0 unspecified atom stereocenters. The number of benzene rings is 2. The van der Waals surface area contributed by atoms with Crippen molar-refractivity contribution in [3.05, 3.63) is 59.7 Å². The highest BCUT2D eigenvalue weighted by molar-refractivity contribution is 8.00. The average Bonchev–Trinajstić information content (AvgIpc) is 3.16. The van der Waals surface area contributed by atoms with E-state index in [9.17, 15) is 4.79 Å². The number of hydrogen-bond donors (Lipinski definition) is 1. The molecule has 1 aromatic heterocycles. The van der Waals surface area contributed by atoms with Crippen molar-refractivity contribution >= 4 is 23.4 Å². The van der Waals surface area contributed by atoms with E-state index in [-0.39, 0.29) is 11.2 Å². The first-order valence-corrected chi connectivity index (χ1v) is 10.3. The zero-order chi connectivity index (χ0) is 20.1. The first kappa shape index (κ1) is 20.1. The third kappa shape index (κ3) is 4.81. The summed E-state index contributed by atoms with van der Waals surface area (Å²) < 4.78 is 5.74. The van der Waals surface area contributed by atoms with Crippen LogP contribution in [0.5, 0.6) is 0 Å². The molecule has 0 aliphatic rings. The minimum absolute atomic E-state index is 0.0870. The van der Waals surface area contributed by atoms with Crippen molar-refractivity contribution in [2.75, 3.05) is 5.32 Å². The van der Waals surface area contributed by atoms with Gasteiger partial charge in [0.2, 0.25) is 11.8 Å². The summed E-state index contributed by atoms with van der Waals surface area (Å²) in [5, 5.41) is 11.2. The molecule has 3 aromatic rings. The van der Waals surface area contributed by atoms with Crippen LogP contribution >= 0.6 is 11.8 Å². The largest absolute Gasteiger partial charge is 0.411 e. The molecule has 0 radical (unpaired) electrons. The molecule has 0 bridgehead atoms. The number of para-hydroxylation sites is 1. The molecule has 0 fully saturated rings. The van der Waals surface area contributed by atoms with Gasteiger partial charge in [0.25, 0.3) is 5.22 Å². The summed E-state index contributed by atoms with van der Waals surface area (Å²) in [5.41, 5.74) is 4.01. The molecule has 28 heavy (non-hydrogen) atoms. The lowest BCUT2D eigenvalue weighted by molar-refractivity contribution is -0.115. The number of hydrogen-bond acceptors (Lipinski definition) is 5. The van der Waals surface area contributed by atoms with Gasteiger partial charge in [-0.3, -0.25) is 4.79 Å². The van der Waals surface area contributed by atoms with Gasteiger partial charge in [-0.05, 0) is 49.9 Å². The van der Waals surface area contributed by atoms with E-state index in [1.807, 2.05) is 56.3 Å². The minimum atomic E-state index is -0.365. The van der Waals surface area contributed by atoms with Crippen molar-refractivity contribution in [1.29, 1.82) is 0 Å². The maximum Gasteiger partial charge on any atom is 0.277 e. The first-order valence-electron chi connectivity index (χ1n) is 9.45. The number of anilines is 1. The van der Waals surface area contributed by atoms with Crippen LogP contribution in [0, 0.1) is 6.92 Å². The van der Waals surface area contributed by atoms with Crippen LogP contribution < -0.4 is 5.32 Å². The second-order valence-electron chi connectivity index (χ2n) is 6.89. The first-order chi connectivity index (χ1) is 13.5. The summed E-state index contributed by atoms with van der Waals surface area (Å²) >= 11 is 1.26. The number of aryl methyl sites for hydroxylation is 1. The van der Waals surface area contributed by atoms with Crippen molar-refractivity contribution in [3.8, 4) is 11.5 Å². The molecule has 3 rings (SSSR count). The van der Waals surface area contributed by atoms with E-state index >= 15 is 0 Å². The van der Waals surface area contributed by atoms with E-state index in [0.717, 1.165) is 28.8 Å². The Kier molecular flexibility index (Phi) is 6.52. The number of rotatable bonds is 7. The summed E-state index contributed by atoms with van der Waals surface area (Å²) in [6.45, 7) is 8.15. The van der Waals surface area contributed by atoms with Gasteiger partial charge >= 0.3 is 0 Å². The van der Waals surface area contributed by atoms with E-state index in [1.165, 1.54) is 11.8 Å². The molecule has 0 spiro atoms. The molecule has 0 aliphatic carbocycles. The van der Waals surface area contributed by atoms with Crippen LogP contribution in [0.2, 0.25) is 0 Å². The Labute approximate surface area is 170 Å². The van der Waals surface area contributed by atoms with Crippen LogP contribution in [0.25, 0.3) is 11.5 Å². The molecule has 0 saturated heterocycles. The van der Waals surface area contributed by atoms with Crippen molar-refractivity contribution in [2.45, 2.75) is 50.5 Å². The van der Waals surface area contributed by atoms with Crippen LogP contribution in [0.4, 0.5) is 5.69 Å². The third-order valence-corrected chi connectivity index (χ3v) is 5.61. The fourth-order valence-electron chi connectivity index (χ4n) is 2.85. The quantitative estimate of drug-likeness (QED) is 0.521. The molecule has 1 heterocycles. The summed E-state index contributed by atoms with van der Waals surface area (Å²) in [5.74, 6) is 0.754. The maximum absolute atomic E-state index is 12.7. The van der Waals surface area contributed by atoms with Crippen LogP contribution in [-0.4, -0.2) is 21.4 Å². The fourth-order valence-corrected chi connectivity index (χ4v) is 3.54. The van der Waals surface area contributed by atoms with Gasteiger partial charge in [0, 0.05) is 11.3 Å². The monoisotopic (exact) mass is 395 g/mol. The topological polar surface area (TPSA) is 68.0 Å². The Morgan fingerprint density at radius 1 is 1.14 bits per heavy atom. The molecule has 1 N–H and O–H groups in total. The molecule has 6 heteroatoms. The molecule has 0 aliphatic heterocycles. The molecular weight excluding hydrogens is 370 g/mol. The smallest absolute Gasteiger partial charge is 0.277 e. The molecule has 146 valence electrons. The van der Waals surface area contributed by atoms with Gasteiger partial charge in [-0.2, -0.15) is 0 Å². The fraction of sp³-hybridized carbons (Fsp3) is 0.318. The van der Waals surface area contributed by atoms with Crippen LogP contribution in [0.1, 0.15) is 44.2 Å². The Hall–Kier alpha value is -2.60. The van der Waals surface area contributed by atoms with Crippen LogP contribution in [0.15, 0.2) is 58.2 Å². The van der Waals surface area contributed by atoms with Gasteiger partial charge in [0.15, 0.2) is 0 Å². The normalized spacial score (nSPS) is 13.1. The van der Waals surface area contributed by atoms with Crippen molar-refractivity contribution < 1.29 is 9.21 Å². The Morgan fingerprint density at radius 3 is 2.68 bits per heavy atom. The zero-order valence-electron chi connectivity index (χ0n) is 16.6. The number of thioether (sulfide) groups is 1. The van der Waals surface area contributed by atoms with Crippen LogP contribution in [0.3, 0.4) is 0 Å². The zero-order valence-corrected chi connectivity index (χ0v) is 17.4. The highest BCUT2D eigenvalue weighted by atomic mass is 32.2. The number of aromatic nitrogens is 2. The Bertz CT molecular complexity index is 954. The van der Waals surface area contributed by atoms with E-state index < -0.39 is 0 Å². The molecule has 2 aromatic carbocycles. The van der Waals surface area contributed by atoms with Gasteiger partial charge in [-0.1, -0.05) is 61.5 Å². The minimum Gasteiger partial charge on any atom is -0.411 e. The average molecular weight is 396 g/mol. The van der Waals surface area contributed by atoms with E-state index in [4.69, 9.17) is 4.42 Å². The Balaban J connectivity index is 1.67. The summed E-state index contributed by atoms with van der Waals surface area (Å²) in [4.78, 5) is 12.7. The molecule has 5 nitrogen and oxygen atoms in total. The Morgan fingerprint density at radius 2 is 1.93 bits per heavy atom. The van der Waals surface area contributed by atoms with Gasteiger partial charge < -0.3 is 9.73 Å². The summed E-state index contributed by atoms with van der Waals surface area (Å²) in [7, 11) is 0. The van der Waals surface area contributed by atoms with Crippen molar-refractivity contribution in [2.24, 2.45) is 0 Å². The third-order valence-electron chi connectivity index (χ3n) is 4.68. The van der Waals surface area contributed by atoms with Gasteiger partial charge in [0.1, 0.15) is 0 Å². The number of nitrogens with one attached hydrogen (secondary N) is 1. The molecule has 2 atom stereocenters. The number of nitrogens with zero attached hydrogens (tertiary/aromatic N) is 2. The second kappa shape index (κ2) is 9.06. The lowest BCUT2D eigenvalue weighted by atomic mass is 9.97.